The molecule has 0 N–H and O–H groups in total. The first kappa shape index (κ1) is 16.5. The highest BCUT2D eigenvalue weighted by Gasteiger charge is 2.30. The van der Waals surface area contributed by atoms with Gasteiger partial charge >= 0.3 is 6.18 Å². The van der Waals surface area contributed by atoms with Crippen LogP contribution in [0.3, 0.4) is 0 Å². The molecule has 120 valence electrons. The van der Waals surface area contributed by atoms with Gasteiger partial charge in [0.25, 0.3) is 0 Å². The van der Waals surface area contributed by atoms with Crippen molar-refractivity contribution in [3.63, 3.8) is 0 Å². The maximum Gasteiger partial charge on any atom is 0.416 e. The van der Waals surface area contributed by atoms with Gasteiger partial charge in [0.2, 0.25) is 5.91 Å². The molecule has 1 aromatic rings. The fourth-order valence-electron chi connectivity index (χ4n) is 2.40. The van der Waals surface area contributed by atoms with Crippen LogP contribution in [0.4, 0.5) is 13.2 Å². The third-order valence-corrected chi connectivity index (χ3v) is 3.66. The Morgan fingerprint density at radius 1 is 1.36 bits per heavy atom. The molecule has 3 nitrogen and oxygen atoms in total. The molecule has 1 saturated heterocycles. The second kappa shape index (κ2) is 6.96. The van der Waals surface area contributed by atoms with E-state index >= 15 is 0 Å². The molecule has 0 aliphatic carbocycles. The summed E-state index contributed by atoms with van der Waals surface area (Å²) in [6.07, 6.45) is -1.72. The van der Waals surface area contributed by atoms with Gasteiger partial charge in [-0.1, -0.05) is 18.7 Å². The molecule has 1 amide bonds. The highest BCUT2D eigenvalue weighted by atomic mass is 19.4. The number of hydrogen-bond acceptors (Lipinski definition) is 2. The Kier molecular flexibility index (Phi) is 5.24. The Hall–Kier alpha value is -1.82. The zero-order valence-corrected chi connectivity index (χ0v) is 12.1. The summed E-state index contributed by atoms with van der Waals surface area (Å²) in [4.78, 5) is 13.1. The number of carbonyl (C=O) groups excluding carboxylic acids is 1. The van der Waals surface area contributed by atoms with Crippen molar-refractivity contribution >= 4 is 5.91 Å². The van der Waals surface area contributed by atoms with E-state index in [2.05, 4.69) is 6.58 Å². The predicted octanol–water partition coefficient (Wildman–Crippen LogP) is 3.05. The predicted molar refractivity (Wildman–Crippen MR) is 76.3 cm³/mol. The van der Waals surface area contributed by atoms with Gasteiger partial charge in [0.15, 0.2) is 0 Å². The Labute approximate surface area is 127 Å². The molecule has 22 heavy (non-hydrogen) atoms. The number of carbonyl (C=O) groups is 1. The van der Waals surface area contributed by atoms with E-state index in [1.807, 2.05) is 0 Å². The third kappa shape index (κ3) is 4.34. The second-order valence-electron chi connectivity index (χ2n) is 5.21. The van der Waals surface area contributed by atoms with Crippen LogP contribution in [0, 0.1) is 0 Å². The Balaban J connectivity index is 1.75. The molecule has 1 atom stereocenters. The van der Waals surface area contributed by atoms with Gasteiger partial charge in [0.1, 0.15) is 0 Å². The maximum absolute atomic E-state index is 12.4. The van der Waals surface area contributed by atoms with Crippen LogP contribution in [-0.4, -0.2) is 36.6 Å². The van der Waals surface area contributed by atoms with Crippen LogP contribution in [-0.2, 0) is 22.1 Å². The van der Waals surface area contributed by atoms with E-state index in [4.69, 9.17) is 4.74 Å². The van der Waals surface area contributed by atoms with Crippen molar-refractivity contribution in [1.29, 1.82) is 0 Å². The first-order chi connectivity index (χ1) is 10.4. The SMILES string of the molecule is C=CC(=O)N1CCC(OCCc2ccc(C(F)(F)F)cc2)C1. The number of ether oxygens (including phenoxy) is 1. The minimum Gasteiger partial charge on any atom is -0.376 e. The number of halogens is 3. The molecule has 1 aromatic carbocycles. The minimum absolute atomic E-state index is 0.0154. The molecular weight excluding hydrogens is 295 g/mol. The topological polar surface area (TPSA) is 29.5 Å². The van der Waals surface area contributed by atoms with Crippen LogP contribution in [0.1, 0.15) is 17.5 Å². The summed E-state index contributed by atoms with van der Waals surface area (Å²) in [5, 5.41) is 0. The largest absolute Gasteiger partial charge is 0.416 e. The van der Waals surface area contributed by atoms with Crippen LogP contribution < -0.4 is 0 Å². The Morgan fingerprint density at radius 2 is 2.05 bits per heavy atom. The van der Waals surface area contributed by atoms with Gasteiger partial charge in [0, 0.05) is 13.1 Å². The third-order valence-electron chi connectivity index (χ3n) is 3.66. The Bertz CT molecular complexity index is 525. The lowest BCUT2D eigenvalue weighted by Crippen LogP contribution is -2.28. The zero-order valence-electron chi connectivity index (χ0n) is 12.1. The van der Waals surface area contributed by atoms with Gasteiger partial charge < -0.3 is 9.64 Å². The second-order valence-corrected chi connectivity index (χ2v) is 5.21. The fraction of sp³-hybridized carbons (Fsp3) is 0.438. The van der Waals surface area contributed by atoms with Crippen molar-refractivity contribution in [2.24, 2.45) is 0 Å². The summed E-state index contributed by atoms with van der Waals surface area (Å²) in [7, 11) is 0. The molecular formula is C16H18F3NO2. The summed E-state index contributed by atoms with van der Waals surface area (Å²) in [5.41, 5.74) is 0.150. The van der Waals surface area contributed by atoms with E-state index in [0.29, 0.717) is 26.1 Å². The smallest absolute Gasteiger partial charge is 0.376 e. The molecule has 0 saturated carbocycles. The summed E-state index contributed by atoms with van der Waals surface area (Å²) in [6.45, 7) is 5.06. The molecule has 6 heteroatoms. The van der Waals surface area contributed by atoms with E-state index in [0.717, 1.165) is 24.1 Å². The highest BCUT2D eigenvalue weighted by Crippen LogP contribution is 2.29. The molecule has 0 aromatic heterocycles. The van der Waals surface area contributed by atoms with Crippen LogP contribution in [0.25, 0.3) is 0 Å². The van der Waals surface area contributed by atoms with Crippen LogP contribution in [0.2, 0.25) is 0 Å². The zero-order chi connectivity index (χ0) is 16.2. The van der Waals surface area contributed by atoms with E-state index < -0.39 is 11.7 Å². The molecule has 1 unspecified atom stereocenters. The molecule has 1 fully saturated rings. The van der Waals surface area contributed by atoms with Gasteiger partial charge in [-0.3, -0.25) is 4.79 Å². The summed E-state index contributed by atoms with van der Waals surface area (Å²) < 4.78 is 43.0. The number of likely N-dealkylation sites (tertiary alicyclic amines) is 1. The van der Waals surface area contributed by atoms with E-state index in [9.17, 15) is 18.0 Å². The number of alkyl halides is 3. The first-order valence-electron chi connectivity index (χ1n) is 7.09. The van der Waals surface area contributed by atoms with Gasteiger partial charge in [-0.2, -0.15) is 13.2 Å². The number of hydrogen-bond donors (Lipinski definition) is 0. The number of rotatable bonds is 5. The molecule has 0 spiro atoms. The maximum atomic E-state index is 12.4. The van der Waals surface area contributed by atoms with Crippen LogP contribution in [0.5, 0.6) is 0 Å². The van der Waals surface area contributed by atoms with Crippen molar-refractivity contribution in [3.05, 3.63) is 48.0 Å². The quantitative estimate of drug-likeness (QED) is 0.782. The summed E-state index contributed by atoms with van der Waals surface area (Å²) >= 11 is 0. The van der Waals surface area contributed by atoms with Crippen molar-refractivity contribution in [1.82, 2.24) is 4.90 Å². The average molecular weight is 313 g/mol. The molecule has 2 rings (SSSR count). The molecule has 0 bridgehead atoms. The van der Waals surface area contributed by atoms with Gasteiger partial charge in [-0.05, 0) is 36.6 Å². The lowest BCUT2D eigenvalue weighted by atomic mass is 10.1. The number of nitrogens with zero attached hydrogens (tertiary/aromatic N) is 1. The van der Waals surface area contributed by atoms with Gasteiger partial charge in [-0.15, -0.1) is 0 Å². The van der Waals surface area contributed by atoms with Crippen LogP contribution in [0.15, 0.2) is 36.9 Å². The average Bonchev–Trinajstić information content (AvgIpc) is 2.95. The van der Waals surface area contributed by atoms with Crippen molar-refractivity contribution < 1.29 is 22.7 Å². The number of benzene rings is 1. The van der Waals surface area contributed by atoms with Crippen molar-refractivity contribution in [2.45, 2.75) is 25.1 Å². The monoisotopic (exact) mass is 313 g/mol. The molecule has 1 aliphatic rings. The standard InChI is InChI=1S/C16H18F3NO2/c1-2-15(21)20-9-7-14(11-20)22-10-8-12-3-5-13(6-4-12)16(17,18)19/h2-6,14H,1,7-11H2. The van der Waals surface area contributed by atoms with E-state index in [1.54, 1.807) is 4.90 Å². The normalized spacial score (nSPS) is 18.5. The van der Waals surface area contributed by atoms with E-state index in [-0.39, 0.29) is 12.0 Å². The van der Waals surface area contributed by atoms with Crippen molar-refractivity contribution in [3.8, 4) is 0 Å². The lowest BCUT2D eigenvalue weighted by molar-refractivity contribution is -0.137. The fourth-order valence-corrected chi connectivity index (χ4v) is 2.40. The summed E-state index contributed by atoms with van der Waals surface area (Å²) in [6, 6.07) is 5.09. The molecule has 0 radical (unpaired) electrons. The Morgan fingerprint density at radius 3 is 2.64 bits per heavy atom. The molecule has 1 heterocycles. The minimum atomic E-state index is -4.31. The van der Waals surface area contributed by atoms with Gasteiger partial charge in [0.05, 0.1) is 18.3 Å². The number of amides is 1. The highest BCUT2D eigenvalue weighted by molar-refractivity contribution is 5.87. The van der Waals surface area contributed by atoms with E-state index in [1.165, 1.54) is 18.2 Å². The molecule has 1 aliphatic heterocycles. The summed E-state index contributed by atoms with van der Waals surface area (Å²) in [5.74, 6) is -0.103. The van der Waals surface area contributed by atoms with Crippen molar-refractivity contribution in [2.75, 3.05) is 19.7 Å². The first-order valence-corrected chi connectivity index (χ1v) is 7.09. The lowest BCUT2D eigenvalue weighted by Gasteiger charge is -2.14. The van der Waals surface area contributed by atoms with Gasteiger partial charge in [-0.25, -0.2) is 0 Å². The van der Waals surface area contributed by atoms with Crippen LogP contribution >= 0.6 is 0 Å².